The maximum absolute atomic E-state index is 11.5. The van der Waals surface area contributed by atoms with Crippen molar-refractivity contribution in [1.29, 1.82) is 0 Å². The van der Waals surface area contributed by atoms with E-state index in [1.54, 1.807) is 6.08 Å². The lowest BCUT2D eigenvalue weighted by atomic mass is 9.47. The van der Waals surface area contributed by atoms with E-state index in [0.717, 1.165) is 24.8 Å². The van der Waals surface area contributed by atoms with E-state index in [9.17, 15) is 14.0 Å². The van der Waals surface area contributed by atoms with Crippen molar-refractivity contribution in [2.75, 3.05) is 6.61 Å². The highest BCUT2D eigenvalue weighted by Gasteiger charge is 2.52. The second-order valence-corrected chi connectivity index (χ2v) is 12.4. The van der Waals surface area contributed by atoms with Crippen LogP contribution in [0.3, 0.4) is 0 Å². The molecule has 0 aliphatic heterocycles. The highest BCUT2D eigenvalue weighted by molar-refractivity contribution is 7.60. The van der Waals surface area contributed by atoms with Gasteiger partial charge >= 0.3 is 15.6 Å². The van der Waals surface area contributed by atoms with Crippen molar-refractivity contribution in [2.24, 2.45) is 22.7 Å². The van der Waals surface area contributed by atoms with Crippen LogP contribution in [0.5, 0.6) is 0 Å². The van der Waals surface area contributed by atoms with Crippen molar-refractivity contribution in [2.45, 2.75) is 72.6 Å². The van der Waals surface area contributed by atoms with E-state index in [1.807, 2.05) is 6.92 Å². The molecule has 2 aliphatic rings. The van der Waals surface area contributed by atoms with Gasteiger partial charge in [0.1, 0.15) is 0 Å². The smallest absolute Gasteiger partial charge is 0.302 e. The summed E-state index contributed by atoms with van der Waals surface area (Å²) in [5.74, 6) is 1.14. The molecule has 0 aromatic rings. The molecule has 0 saturated heterocycles. The lowest BCUT2D eigenvalue weighted by Gasteiger charge is -2.58. The molecule has 3 N–H and O–H groups in total. The summed E-state index contributed by atoms with van der Waals surface area (Å²) in [5.41, 5.74) is 2.94. The fourth-order valence-electron chi connectivity index (χ4n) is 5.71. The Morgan fingerprint density at radius 1 is 1.24 bits per heavy atom. The Kier molecular flexibility index (Phi) is 7.83. The first-order valence-corrected chi connectivity index (χ1v) is 13.3. The third-order valence-corrected chi connectivity index (χ3v) is 9.18. The van der Waals surface area contributed by atoms with Crippen molar-refractivity contribution in [3.05, 3.63) is 23.8 Å². The van der Waals surface area contributed by atoms with Crippen molar-refractivity contribution in [3.63, 3.8) is 0 Å². The predicted octanol–water partition coefficient (Wildman–Crippen LogP) is 5.74. The fraction of sp³-hybridized carbons (Fsp3) is 0.800. The lowest BCUT2D eigenvalue weighted by Crippen LogP contribution is -2.49. The van der Waals surface area contributed by atoms with E-state index in [4.69, 9.17) is 9.79 Å². The molecule has 0 radical (unpaired) electrons. The Balaban J connectivity index is 1.97. The van der Waals surface area contributed by atoms with Crippen LogP contribution in [0.2, 0.25) is 0 Å². The standard InChI is InChI=1S/C20H36O7P2/c1-15(11-14-26-29(24,25)27-28(21,22)23)7-9-17-16(2)8-10-18-19(3,4)12-6-13-20(17,18)5/h11,17-18H,2,6-10,12-14H2,1,3-5H3,(H,24,25)(H2,21,22,23)/b15-11-/t17-,18-,20+/m0/s1. The molecule has 0 spiro atoms. The van der Waals surface area contributed by atoms with E-state index in [1.165, 1.54) is 31.3 Å². The van der Waals surface area contributed by atoms with Crippen LogP contribution in [0.4, 0.5) is 0 Å². The molecule has 0 aromatic carbocycles. The summed E-state index contributed by atoms with van der Waals surface area (Å²) in [6.45, 7) is 13.3. The van der Waals surface area contributed by atoms with Crippen molar-refractivity contribution < 1.29 is 32.6 Å². The third kappa shape index (κ3) is 6.61. The molecule has 1 unspecified atom stereocenters. The Bertz CT molecular complexity index is 739. The first kappa shape index (κ1) is 25.0. The SMILES string of the molecule is C=C1CC[C@H]2C(C)(C)CCC[C@]2(C)[C@H]1CC/C(C)=C\COP(=O)(O)OP(=O)(O)O. The van der Waals surface area contributed by atoms with Crippen molar-refractivity contribution >= 4 is 15.6 Å². The van der Waals surface area contributed by atoms with Gasteiger partial charge in [0.25, 0.3) is 0 Å². The minimum absolute atomic E-state index is 0.252. The molecule has 168 valence electrons. The van der Waals surface area contributed by atoms with Gasteiger partial charge in [-0.15, -0.1) is 0 Å². The van der Waals surface area contributed by atoms with Gasteiger partial charge in [0.15, 0.2) is 0 Å². The zero-order valence-electron chi connectivity index (χ0n) is 18.0. The number of fused-ring (bicyclic) bond motifs is 1. The predicted molar refractivity (Wildman–Crippen MR) is 113 cm³/mol. The first-order chi connectivity index (χ1) is 13.2. The van der Waals surface area contributed by atoms with Crippen molar-refractivity contribution in [3.8, 4) is 0 Å². The number of phosphoric ester groups is 1. The first-order valence-electron chi connectivity index (χ1n) is 10.2. The molecule has 0 bridgehead atoms. The van der Waals surface area contributed by atoms with Gasteiger partial charge in [-0.3, -0.25) is 4.52 Å². The van der Waals surface area contributed by atoms with Crippen LogP contribution in [0.25, 0.3) is 0 Å². The Hall–Kier alpha value is -0.260. The van der Waals surface area contributed by atoms with E-state index in [-0.39, 0.29) is 12.0 Å². The van der Waals surface area contributed by atoms with E-state index >= 15 is 0 Å². The van der Waals surface area contributed by atoms with Crippen molar-refractivity contribution in [1.82, 2.24) is 0 Å². The normalized spacial score (nSPS) is 32.5. The molecule has 0 aromatic heterocycles. The van der Waals surface area contributed by atoms with Gasteiger partial charge in [-0.1, -0.05) is 51.0 Å². The number of hydrogen-bond donors (Lipinski definition) is 3. The summed E-state index contributed by atoms with van der Waals surface area (Å²) in [6, 6.07) is 0. The van der Waals surface area contributed by atoms with Crippen LogP contribution in [0, 0.1) is 22.7 Å². The van der Waals surface area contributed by atoms with E-state index < -0.39 is 15.6 Å². The van der Waals surface area contributed by atoms with Gasteiger partial charge in [-0.2, -0.15) is 4.31 Å². The maximum atomic E-state index is 11.5. The van der Waals surface area contributed by atoms with Gasteiger partial charge in [0.05, 0.1) is 6.61 Å². The maximum Gasteiger partial charge on any atom is 0.481 e. The van der Waals surface area contributed by atoms with Gasteiger partial charge in [-0.05, 0) is 68.1 Å². The second-order valence-electron chi connectivity index (χ2n) is 9.58. The molecule has 2 rings (SSSR count). The third-order valence-electron chi connectivity index (χ3n) is 7.03. The molecule has 0 amide bonds. The molecule has 2 fully saturated rings. The lowest BCUT2D eigenvalue weighted by molar-refractivity contribution is -0.0539. The number of allylic oxidation sites excluding steroid dienone is 2. The molecule has 2 saturated carbocycles. The van der Waals surface area contributed by atoms with Crippen LogP contribution >= 0.6 is 15.6 Å². The molecular weight excluding hydrogens is 414 g/mol. The molecular formula is C20H36O7P2. The van der Waals surface area contributed by atoms with Gasteiger partial charge < -0.3 is 14.7 Å². The highest BCUT2D eigenvalue weighted by atomic mass is 31.3. The monoisotopic (exact) mass is 450 g/mol. The fourth-order valence-corrected chi connectivity index (χ4v) is 7.24. The summed E-state index contributed by atoms with van der Waals surface area (Å²) in [6.07, 6.45) is 9.48. The summed E-state index contributed by atoms with van der Waals surface area (Å²) in [7, 11) is -9.88. The Labute approximate surface area is 174 Å². The van der Waals surface area contributed by atoms with Gasteiger partial charge in [0, 0.05) is 0 Å². The largest absolute Gasteiger partial charge is 0.481 e. The topological polar surface area (TPSA) is 113 Å². The highest BCUT2D eigenvalue weighted by Crippen LogP contribution is 2.62. The van der Waals surface area contributed by atoms with E-state index in [2.05, 4.69) is 36.2 Å². The molecule has 9 heteroatoms. The van der Waals surface area contributed by atoms with Gasteiger partial charge in [0.2, 0.25) is 0 Å². The minimum atomic E-state index is -5.09. The number of hydrogen-bond acceptors (Lipinski definition) is 4. The zero-order chi connectivity index (χ0) is 22.1. The van der Waals surface area contributed by atoms with Gasteiger partial charge in [-0.25, -0.2) is 9.13 Å². The van der Waals surface area contributed by atoms with Crippen LogP contribution in [-0.2, 0) is 18.0 Å². The van der Waals surface area contributed by atoms with Crippen LogP contribution in [0.15, 0.2) is 23.8 Å². The molecule has 0 heterocycles. The minimum Gasteiger partial charge on any atom is -0.302 e. The van der Waals surface area contributed by atoms with Crippen LogP contribution in [0.1, 0.15) is 72.6 Å². The molecule has 4 atom stereocenters. The second kappa shape index (κ2) is 9.08. The van der Waals surface area contributed by atoms with E-state index in [0.29, 0.717) is 17.3 Å². The quantitative estimate of drug-likeness (QED) is 0.319. The average molecular weight is 450 g/mol. The Morgan fingerprint density at radius 3 is 2.52 bits per heavy atom. The molecule has 2 aliphatic carbocycles. The Morgan fingerprint density at radius 2 is 1.90 bits per heavy atom. The number of phosphoric acid groups is 2. The molecule has 7 nitrogen and oxygen atoms in total. The summed E-state index contributed by atoms with van der Waals surface area (Å²) < 4.78 is 30.6. The summed E-state index contributed by atoms with van der Waals surface area (Å²) >= 11 is 0. The van der Waals surface area contributed by atoms with Crippen LogP contribution in [-0.4, -0.2) is 21.3 Å². The average Bonchev–Trinajstić information content (AvgIpc) is 2.50. The zero-order valence-corrected chi connectivity index (χ0v) is 19.8. The summed E-state index contributed by atoms with van der Waals surface area (Å²) in [4.78, 5) is 26.6. The number of rotatable bonds is 8. The molecule has 29 heavy (non-hydrogen) atoms. The summed E-state index contributed by atoms with van der Waals surface area (Å²) in [5, 5.41) is 0. The van der Waals surface area contributed by atoms with Crippen LogP contribution < -0.4 is 0 Å².